The van der Waals surface area contributed by atoms with E-state index >= 15 is 0 Å². The molecule has 2 rings (SSSR count). The maximum atomic E-state index is 10.8. The van der Waals surface area contributed by atoms with Crippen LogP contribution in [0.25, 0.3) is 0 Å². The van der Waals surface area contributed by atoms with Crippen molar-refractivity contribution >= 4 is 17.7 Å². The summed E-state index contributed by atoms with van der Waals surface area (Å²) in [6.45, 7) is 0.715. The van der Waals surface area contributed by atoms with Crippen molar-refractivity contribution in [2.24, 2.45) is 0 Å². The van der Waals surface area contributed by atoms with Crippen LogP contribution in [0.2, 0.25) is 0 Å². The third-order valence-corrected chi connectivity index (χ3v) is 3.40. The molecule has 0 aromatic carbocycles. The number of rotatable bonds is 3. The molecular formula is C7H11N5O2S. The van der Waals surface area contributed by atoms with Gasteiger partial charge in [-0.3, -0.25) is 4.79 Å². The van der Waals surface area contributed by atoms with Crippen LogP contribution in [0.1, 0.15) is 12.8 Å². The Labute approximate surface area is 90.0 Å². The Morgan fingerprint density at radius 3 is 3.13 bits per heavy atom. The van der Waals surface area contributed by atoms with Crippen LogP contribution in [0.5, 0.6) is 0 Å². The van der Waals surface area contributed by atoms with Crippen molar-refractivity contribution in [3.63, 3.8) is 0 Å². The molecule has 0 amide bonds. The Kier molecular flexibility index (Phi) is 3.17. The number of thioether (sulfide) groups is 1. The lowest BCUT2D eigenvalue weighted by Gasteiger charge is -2.26. The van der Waals surface area contributed by atoms with E-state index in [0.717, 1.165) is 6.42 Å². The maximum absolute atomic E-state index is 10.8. The summed E-state index contributed by atoms with van der Waals surface area (Å²) in [4.78, 5) is 10.8. The first-order chi connectivity index (χ1) is 7.25. The zero-order valence-electron chi connectivity index (χ0n) is 7.88. The smallest absolute Gasteiger partial charge is 0.320 e. The van der Waals surface area contributed by atoms with E-state index in [1.54, 1.807) is 0 Å². The SMILES string of the molecule is O=C(O)[C@H]1C[C@H](Sc2nn[nH]n2)CCN1. The summed E-state index contributed by atoms with van der Waals surface area (Å²) < 4.78 is 0. The molecule has 8 heteroatoms. The minimum absolute atomic E-state index is 0.241. The molecule has 1 saturated heterocycles. The number of H-pyrrole nitrogens is 1. The number of nitrogens with one attached hydrogen (secondary N) is 2. The van der Waals surface area contributed by atoms with Crippen molar-refractivity contribution in [1.82, 2.24) is 25.9 Å². The van der Waals surface area contributed by atoms with Gasteiger partial charge in [0, 0.05) is 5.25 Å². The summed E-state index contributed by atoms with van der Waals surface area (Å²) in [5.41, 5.74) is 0. The molecule has 0 aliphatic carbocycles. The number of aliphatic carboxylic acids is 1. The molecule has 15 heavy (non-hydrogen) atoms. The predicted octanol–water partition coefficient (Wildman–Crippen LogP) is -0.503. The van der Waals surface area contributed by atoms with E-state index in [1.165, 1.54) is 11.8 Å². The molecule has 7 nitrogen and oxygen atoms in total. The molecular weight excluding hydrogens is 218 g/mol. The van der Waals surface area contributed by atoms with Crippen molar-refractivity contribution in [2.75, 3.05) is 6.54 Å². The minimum Gasteiger partial charge on any atom is -0.480 e. The van der Waals surface area contributed by atoms with E-state index in [-0.39, 0.29) is 5.25 Å². The van der Waals surface area contributed by atoms with Gasteiger partial charge in [0.15, 0.2) is 0 Å². The van der Waals surface area contributed by atoms with Gasteiger partial charge in [-0.1, -0.05) is 11.8 Å². The average molecular weight is 229 g/mol. The second-order valence-electron chi connectivity index (χ2n) is 3.30. The molecule has 1 aliphatic heterocycles. The second-order valence-corrected chi connectivity index (χ2v) is 4.57. The van der Waals surface area contributed by atoms with Gasteiger partial charge in [0.1, 0.15) is 6.04 Å². The maximum Gasteiger partial charge on any atom is 0.320 e. The van der Waals surface area contributed by atoms with Gasteiger partial charge < -0.3 is 10.4 Å². The zero-order valence-corrected chi connectivity index (χ0v) is 8.70. The van der Waals surface area contributed by atoms with Gasteiger partial charge in [-0.15, -0.1) is 10.2 Å². The molecule has 2 atom stereocenters. The Bertz CT molecular complexity index is 330. The molecule has 1 aliphatic rings. The van der Waals surface area contributed by atoms with Crippen LogP contribution in [-0.2, 0) is 4.79 Å². The standard InChI is InChI=1S/C7H11N5O2S/c13-6(14)5-3-4(1-2-8-5)15-7-9-11-12-10-7/h4-5,8H,1-3H2,(H,13,14)(H,9,10,11,12)/t4-,5-/m1/s1. The molecule has 0 bridgehead atoms. The first kappa shape index (κ1) is 10.4. The van der Waals surface area contributed by atoms with Crippen LogP contribution in [0, 0.1) is 0 Å². The first-order valence-corrected chi connectivity index (χ1v) is 5.50. The second kappa shape index (κ2) is 4.58. The lowest BCUT2D eigenvalue weighted by atomic mass is 10.1. The van der Waals surface area contributed by atoms with Gasteiger partial charge in [0.05, 0.1) is 0 Å². The third kappa shape index (κ3) is 2.66. The summed E-state index contributed by atoms with van der Waals surface area (Å²) in [5, 5.41) is 26.1. The van der Waals surface area contributed by atoms with E-state index < -0.39 is 12.0 Å². The summed E-state index contributed by atoms with van der Waals surface area (Å²) in [6.07, 6.45) is 1.51. The van der Waals surface area contributed by atoms with E-state index in [0.29, 0.717) is 18.1 Å². The normalized spacial score (nSPS) is 26.4. The van der Waals surface area contributed by atoms with Crippen LogP contribution >= 0.6 is 11.8 Å². The van der Waals surface area contributed by atoms with Crippen LogP contribution in [0.3, 0.4) is 0 Å². The van der Waals surface area contributed by atoms with Gasteiger partial charge in [-0.2, -0.15) is 5.21 Å². The number of piperidine rings is 1. The van der Waals surface area contributed by atoms with Crippen molar-refractivity contribution in [3.05, 3.63) is 0 Å². The number of hydrogen-bond acceptors (Lipinski definition) is 6. The summed E-state index contributed by atoms with van der Waals surface area (Å²) >= 11 is 1.47. The van der Waals surface area contributed by atoms with Gasteiger partial charge in [0.2, 0.25) is 5.16 Å². The molecule has 0 unspecified atom stereocenters. The zero-order chi connectivity index (χ0) is 10.7. The number of carboxylic acids is 1. The van der Waals surface area contributed by atoms with E-state index in [9.17, 15) is 4.79 Å². The molecule has 3 N–H and O–H groups in total. The monoisotopic (exact) mass is 229 g/mol. The van der Waals surface area contributed by atoms with Gasteiger partial charge in [-0.25, -0.2) is 0 Å². The van der Waals surface area contributed by atoms with E-state index in [1.807, 2.05) is 0 Å². The van der Waals surface area contributed by atoms with Crippen molar-refractivity contribution in [1.29, 1.82) is 0 Å². The molecule has 1 fully saturated rings. The quantitative estimate of drug-likeness (QED) is 0.641. The third-order valence-electron chi connectivity index (χ3n) is 2.25. The number of carbonyl (C=O) groups is 1. The van der Waals surface area contributed by atoms with Crippen LogP contribution in [0.15, 0.2) is 5.16 Å². The molecule has 0 spiro atoms. The first-order valence-electron chi connectivity index (χ1n) is 4.62. The Hall–Kier alpha value is -1.15. The van der Waals surface area contributed by atoms with Crippen LogP contribution in [-0.4, -0.2) is 49.5 Å². The number of carboxylic acid groups (broad SMARTS) is 1. The van der Waals surface area contributed by atoms with Crippen molar-refractivity contribution < 1.29 is 9.90 Å². The molecule has 0 saturated carbocycles. The number of aromatic amines is 1. The highest BCUT2D eigenvalue weighted by atomic mass is 32.2. The highest BCUT2D eigenvalue weighted by Gasteiger charge is 2.27. The molecule has 1 aromatic heterocycles. The van der Waals surface area contributed by atoms with Crippen molar-refractivity contribution in [3.8, 4) is 0 Å². The van der Waals surface area contributed by atoms with Gasteiger partial charge >= 0.3 is 5.97 Å². The Balaban J connectivity index is 1.90. The van der Waals surface area contributed by atoms with Gasteiger partial charge in [-0.05, 0) is 24.6 Å². The number of nitrogens with zero attached hydrogens (tertiary/aromatic N) is 3. The minimum atomic E-state index is -0.798. The highest BCUT2D eigenvalue weighted by Crippen LogP contribution is 2.27. The fourth-order valence-electron chi connectivity index (χ4n) is 1.53. The average Bonchev–Trinajstić information content (AvgIpc) is 2.71. The largest absolute Gasteiger partial charge is 0.480 e. The Morgan fingerprint density at radius 2 is 2.47 bits per heavy atom. The van der Waals surface area contributed by atoms with Crippen LogP contribution < -0.4 is 5.32 Å². The van der Waals surface area contributed by atoms with Gasteiger partial charge in [0.25, 0.3) is 0 Å². The van der Waals surface area contributed by atoms with E-state index in [4.69, 9.17) is 5.11 Å². The highest BCUT2D eigenvalue weighted by molar-refractivity contribution is 7.99. The molecule has 1 aromatic rings. The number of aromatic nitrogens is 4. The summed E-state index contributed by atoms with van der Waals surface area (Å²) in [5.74, 6) is -0.798. The molecule has 2 heterocycles. The fraction of sp³-hybridized carbons (Fsp3) is 0.714. The van der Waals surface area contributed by atoms with Crippen LogP contribution in [0.4, 0.5) is 0 Å². The number of hydrogen-bond donors (Lipinski definition) is 3. The molecule has 0 radical (unpaired) electrons. The fourth-order valence-corrected chi connectivity index (χ4v) is 2.53. The Morgan fingerprint density at radius 1 is 1.60 bits per heavy atom. The lowest BCUT2D eigenvalue weighted by Crippen LogP contribution is -2.44. The summed E-state index contributed by atoms with van der Waals surface area (Å²) in [7, 11) is 0. The topological polar surface area (TPSA) is 104 Å². The predicted molar refractivity (Wildman–Crippen MR) is 52.5 cm³/mol. The molecule has 82 valence electrons. The lowest BCUT2D eigenvalue weighted by molar-refractivity contribution is -0.140. The summed E-state index contributed by atoms with van der Waals surface area (Å²) in [6, 6.07) is -0.455. The number of tetrazole rings is 1. The van der Waals surface area contributed by atoms with Crippen molar-refractivity contribution in [2.45, 2.75) is 29.3 Å². The van der Waals surface area contributed by atoms with E-state index in [2.05, 4.69) is 25.9 Å².